The number of rotatable bonds is 5. The van der Waals surface area contributed by atoms with Crippen molar-refractivity contribution in [2.45, 2.75) is 12.3 Å². The van der Waals surface area contributed by atoms with Gasteiger partial charge in [0.1, 0.15) is 5.37 Å². The fourth-order valence-electron chi connectivity index (χ4n) is 2.47. The number of aryl methyl sites for hydroxylation is 1. The molecule has 0 radical (unpaired) electrons. The molecule has 1 aromatic carbocycles. The lowest BCUT2D eigenvalue weighted by atomic mass is 10.2. The number of nitro groups is 1. The Kier molecular flexibility index (Phi) is 5.13. The van der Waals surface area contributed by atoms with Gasteiger partial charge in [0.15, 0.2) is 6.61 Å². The van der Waals surface area contributed by atoms with Crippen LogP contribution in [0.3, 0.4) is 0 Å². The molecule has 1 aromatic heterocycles. The first-order valence-corrected chi connectivity index (χ1v) is 8.67. The molecule has 1 aliphatic rings. The van der Waals surface area contributed by atoms with Crippen LogP contribution >= 0.6 is 11.8 Å². The van der Waals surface area contributed by atoms with Gasteiger partial charge in [-0.05, 0) is 30.7 Å². The zero-order valence-electron chi connectivity index (χ0n) is 13.5. The van der Waals surface area contributed by atoms with Crippen molar-refractivity contribution >= 4 is 23.4 Å². The van der Waals surface area contributed by atoms with Crippen LogP contribution in [0.4, 0.5) is 5.69 Å². The minimum Gasteiger partial charge on any atom is -0.453 e. The van der Waals surface area contributed by atoms with Gasteiger partial charge in [-0.1, -0.05) is 0 Å². The van der Waals surface area contributed by atoms with Crippen molar-refractivity contribution in [1.82, 2.24) is 14.9 Å². The van der Waals surface area contributed by atoms with Crippen molar-refractivity contribution in [3.8, 4) is 6.01 Å². The summed E-state index contributed by atoms with van der Waals surface area (Å²) in [6, 6.07) is 8.20. The minimum absolute atomic E-state index is 0.0320. The first kappa shape index (κ1) is 17.2. The van der Waals surface area contributed by atoms with Gasteiger partial charge < -0.3 is 9.64 Å². The fourth-order valence-corrected chi connectivity index (χ4v) is 3.74. The third kappa shape index (κ3) is 4.05. The van der Waals surface area contributed by atoms with E-state index in [-0.39, 0.29) is 29.6 Å². The van der Waals surface area contributed by atoms with E-state index >= 15 is 0 Å². The molecule has 0 bridgehead atoms. The highest BCUT2D eigenvalue weighted by Gasteiger charge is 2.31. The molecule has 130 valence electrons. The number of ether oxygens (including phenoxy) is 1. The quantitative estimate of drug-likeness (QED) is 0.596. The molecule has 2 aromatic rings. The molecule has 0 saturated carbocycles. The second-order valence-electron chi connectivity index (χ2n) is 5.43. The van der Waals surface area contributed by atoms with Crippen LogP contribution in [0, 0.1) is 17.0 Å². The van der Waals surface area contributed by atoms with Crippen molar-refractivity contribution in [3.63, 3.8) is 0 Å². The van der Waals surface area contributed by atoms with E-state index in [0.29, 0.717) is 6.54 Å². The van der Waals surface area contributed by atoms with Crippen LogP contribution in [0.2, 0.25) is 0 Å². The molecule has 2 heterocycles. The number of amides is 1. The lowest BCUT2D eigenvalue weighted by Crippen LogP contribution is -2.34. The van der Waals surface area contributed by atoms with E-state index in [4.69, 9.17) is 4.74 Å². The van der Waals surface area contributed by atoms with Crippen molar-refractivity contribution in [2.75, 3.05) is 18.9 Å². The number of hydrogen-bond acceptors (Lipinski definition) is 7. The Morgan fingerprint density at radius 1 is 1.40 bits per heavy atom. The van der Waals surface area contributed by atoms with Gasteiger partial charge in [0.2, 0.25) is 0 Å². The SMILES string of the molecule is Cc1ccnc(OCC(=O)N2CCSC2c2ccc([N+](=O)[O-])cc2)n1. The van der Waals surface area contributed by atoms with Gasteiger partial charge in [-0.15, -0.1) is 11.8 Å². The first-order chi connectivity index (χ1) is 12.0. The number of hydrogen-bond donors (Lipinski definition) is 0. The fraction of sp³-hybridized carbons (Fsp3) is 0.312. The molecule has 1 unspecified atom stereocenters. The largest absolute Gasteiger partial charge is 0.453 e. The second-order valence-corrected chi connectivity index (χ2v) is 6.62. The maximum atomic E-state index is 12.5. The molecule has 8 nitrogen and oxygen atoms in total. The predicted octanol–water partition coefficient (Wildman–Crippen LogP) is 2.35. The monoisotopic (exact) mass is 360 g/mol. The number of benzene rings is 1. The minimum atomic E-state index is -0.440. The predicted molar refractivity (Wildman–Crippen MR) is 92.3 cm³/mol. The summed E-state index contributed by atoms with van der Waals surface area (Å²) in [5.41, 5.74) is 1.65. The number of thioether (sulfide) groups is 1. The molecule has 1 amide bonds. The molecule has 1 aliphatic heterocycles. The summed E-state index contributed by atoms with van der Waals surface area (Å²) in [6.07, 6.45) is 1.58. The van der Waals surface area contributed by atoms with Crippen LogP contribution < -0.4 is 4.74 Å². The van der Waals surface area contributed by atoms with Gasteiger partial charge >= 0.3 is 6.01 Å². The number of nitro benzene ring substituents is 1. The Hall–Kier alpha value is -2.68. The third-order valence-corrected chi connectivity index (χ3v) is 4.96. The summed E-state index contributed by atoms with van der Waals surface area (Å²) in [5.74, 6) is 0.632. The highest BCUT2D eigenvalue weighted by atomic mass is 32.2. The van der Waals surface area contributed by atoms with Crippen LogP contribution in [0.1, 0.15) is 16.6 Å². The summed E-state index contributed by atoms with van der Waals surface area (Å²) in [5, 5.41) is 10.6. The lowest BCUT2D eigenvalue weighted by molar-refractivity contribution is -0.384. The first-order valence-electron chi connectivity index (χ1n) is 7.62. The molecule has 0 aliphatic carbocycles. The average molecular weight is 360 g/mol. The van der Waals surface area contributed by atoms with E-state index in [0.717, 1.165) is 17.0 Å². The molecule has 1 saturated heterocycles. The van der Waals surface area contributed by atoms with Gasteiger partial charge in [0, 0.05) is 36.3 Å². The summed E-state index contributed by atoms with van der Waals surface area (Å²) in [6.45, 7) is 2.27. The van der Waals surface area contributed by atoms with E-state index < -0.39 is 4.92 Å². The Bertz CT molecular complexity index is 784. The molecule has 0 spiro atoms. The highest BCUT2D eigenvalue weighted by Crippen LogP contribution is 2.38. The highest BCUT2D eigenvalue weighted by molar-refractivity contribution is 7.99. The average Bonchev–Trinajstić information content (AvgIpc) is 3.09. The molecular formula is C16H16N4O4S. The number of carbonyl (C=O) groups excluding carboxylic acids is 1. The molecule has 9 heteroatoms. The molecule has 1 atom stereocenters. The van der Waals surface area contributed by atoms with Crippen LogP contribution in [-0.4, -0.2) is 44.6 Å². The summed E-state index contributed by atoms with van der Waals surface area (Å²) >= 11 is 1.62. The normalized spacial score (nSPS) is 16.7. The van der Waals surface area contributed by atoms with Crippen LogP contribution in [0.5, 0.6) is 6.01 Å². The number of carbonyl (C=O) groups is 1. The van der Waals surface area contributed by atoms with Crippen molar-refractivity contribution in [3.05, 3.63) is 57.9 Å². The van der Waals surface area contributed by atoms with E-state index in [9.17, 15) is 14.9 Å². The van der Waals surface area contributed by atoms with Crippen LogP contribution in [0.15, 0.2) is 36.5 Å². The Morgan fingerprint density at radius 2 is 2.16 bits per heavy atom. The van der Waals surface area contributed by atoms with Gasteiger partial charge in [0.05, 0.1) is 4.92 Å². The molecule has 3 rings (SSSR count). The second kappa shape index (κ2) is 7.47. The van der Waals surface area contributed by atoms with Gasteiger partial charge in [-0.25, -0.2) is 9.97 Å². The van der Waals surface area contributed by atoms with E-state index in [1.807, 2.05) is 6.92 Å². The summed E-state index contributed by atoms with van der Waals surface area (Å²) in [7, 11) is 0. The third-order valence-electron chi connectivity index (χ3n) is 3.70. The Labute approximate surface area is 148 Å². The number of aromatic nitrogens is 2. The van der Waals surface area contributed by atoms with Gasteiger partial charge in [-0.3, -0.25) is 14.9 Å². The van der Waals surface area contributed by atoms with Crippen molar-refractivity contribution in [1.29, 1.82) is 0 Å². The van der Waals surface area contributed by atoms with Crippen molar-refractivity contribution < 1.29 is 14.5 Å². The van der Waals surface area contributed by atoms with Crippen LogP contribution in [-0.2, 0) is 4.79 Å². The standard InChI is InChI=1S/C16H16N4O4S/c1-11-6-7-17-16(18-11)24-10-14(21)19-8-9-25-15(19)12-2-4-13(5-3-12)20(22)23/h2-7,15H,8-10H2,1H3. The topological polar surface area (TPSA) is 98.5 Å². The maximum Gasteiger partial charge on any atom is 0.317 e. The molecule has 1 fully saturated rings. The number of nitrogens with zero attached hydrogens (tertiary/aromatic N) is 4. The van der Waals surface area contributed by atoms with E-state index in [1.54, 1.807) is 41.1 Å². The van der Waals surface area contributed by atoms with Crippen LogP contribution in [0.25, 0.3) is 0 Å². The summed E-state index contributed by atoms with van der Waals surface area (Å²) in [4.78, 5) is 32.6. The zero-order chi connectivity index (χ0) is 17.8. The van der Waals surface area contributed by atoms with Gasteiger partial charge in [0.25, 0.3) is 11.6 Å². The van der Waals surface area contributed by atoms with Crippen molar-refractivity contribution in [2.24, 2.45) is 0 Å². The van der Waals surface area contributed by atoms with E-state index in [2.05, 4.69) is 9.97 Å². The summed E-state index contributed by atoms with van der Waals surface area (Å²) < 4.78 is 5.38. The Morgan fingerprint density at radius 3 is 2.84 bits per heavy atom. The molecule has 0 N–H and O–H groups in total. The molecular weight excluding hydrogens is 344 g/mol. The Balaban J connectivity index is 1.66. The smallest absolute Gasteiger partial charge is 0.317 e. The molecule has 25 heavy (non-hydrogen) atoms. The maximum absolute atomic E-state index is 12.5. The zero-order valence-corrected chi connectivity index (χ0v) is 14.3. The lowest BCUT2D eigenvalue weighted by Gasteiger charge is -2.23. The van der Waals surface area contributed by atoms with E-state index in [1.165, 1.54) is 12.1 Å². The number of non-ortho nitro benzene ring substituents is 1. The van der Waals surface area contributed by atoms with Gasteiger partial charge in [-0.2, -0.15) is 0 Å².